The molecule has 0 unspecified atom stereocenters. The fraction of sp³-hybridized carbons (Fsp3) is 0.579. The summed E-state index contributed by atoms with van der Waals surface area (Å²) in [5.41, 5.74) is 2.10. The number of carbonyl (C=O) groups is 1. The highest BCUT2D eigenvalue weighted by molar-refractivity contribution is 7.19. The Kier molecular flexibility index (Phi) is 5.10. The Labute approximate surface area is 162 Å². The predicted octanol–water partition coefficient (Wildman–Crippen LogP) is 2.93. The summed E-state index contributed by atoms with van der Waals surface area (Å²) in [5.74, 6) is 1.37. The average Bonchev–Trinajstić information content (AvgIpc) is 3.23. The van der Waals surface area contributed by atoms with Crippen molar-refractivity contribution in [1.82, 2.24) is 24.9 Å². The molecule has 3 aromatic heterocycles. The van der Waals surface area contributed by atoms with Crippen LogP contribution in [-0.2, 0) is 17.6 Å². The topological polar surface area (TPSA) is 81.4 Å². The molecule has 1 amide bonds. The van der Waals surface area contributed by atoms with Crippen LogP contribution in [0.15, 0.2) is 0 Å². The molecule has 1 N–H and O–H groups in total. The molecule has 3 aromatic rings. The summed E-state index contributed by atoms with van der Waals surface area (Å²) < 4.78 is 7.00. The number of carbonyl (C=O) groups excluding carboxylic acids is 1. The van der Waals surface area contributed by atoms with Gasteiger partial charge in [0.25, 0.3) is 5.91 Å². The number of aromatic nitrogens is 4. The molecule has 0 spiro atoms. The third-order valence-corrected chi connectivity index (χ3v) is 6.23. The number of fused-ring (bicyclic) bond motifs is 5. The van der Waals surface area contributed by atoms with Gasteiger partial charge in [0.05, 0.1) is 5.39 Å². The fourth-order valence-corrected chi connectivity index (χ4v) is 4.90. The smallest absolute Gasteiger partial charge is 0.290 e. The lowest BCUT2D eigenvalue weighted by Crippen LogP contribution is -2.26. The summed E-state index contributed by atoms with van der Waals surface area (Å²) in [6, 6.07) is 0. The molecule has 0 aliphatic heterocycles. The first-order valence-corrected chi connectivity index (χ1v) is 10.4. The molecule has 0 saturated carbocycles. The van der Waals surface area contributed by atoms with Gasteiger partial charge >= 0.3 is 0 Å². The van der Waals surface area contributed by atoms with Crippen molar-refractivity contribution < 1.29 is 9.53 Å². The maximum absolute atomic E-state index is 12.5. The van der Waals surface area contributed by atoms with Crippen LogP contribution < -0.4 is 5.32 Å². The normalized spacial score (nSPS) is 16.8. The Morgan fingerprint density at radius 2 is 2.26 bits per heavy atom. The van der Waals surface area contributed by atoms with E-state index in [4.69, 9.17) is 9.72 Å². The van der Waals surface area contributed by atoms with E-state index in [1.807, 2.05) is 13.8 Å². The number of aryl methyl sites for hydroxylation is 2. The molecule has 0 fully saturated rings. The largest absolute Gasteiger partial charge is 0.382 e. The van der Waals surface area contributed by atoms with E-state index in [0.29, 0.717) is 25.7 Å². The van der Waals surface area contributed by atoms with Gasteiger partial charge in [0.1, 0.15) is 10.7 Å². The van der Waals surface area contributed by atoms with Crippen molar-refractivity contribution in [2.24, 2.45) is 5.92 Å². The zero-order chi connectivity index (χ0) is 19.0. The van der Waals surface area contributed by atoms with Crippen LogP contribution in [0.2, 0.25) is 0 Å². The van der Waals surface area contributed by atoms with Gasteiger partial charge in [-0.2, -0.15) is 4.52 Å². The second-order valence-electron chi connectivity index (χ2n) is 7.17. The molecular weight excluding hydrogens is 362 g/mol. The number of rotatable bonds is 6. The Bertz CT molecular complexity index is 993. The Balaban J connectivity index is 1.67. The van der Waals surface area contributed by atoms with Gasteiger partial charge in [-0.3, -0.25) is 4.79 Å². The number of nitrogens with zero attached hydrogens (tertiary/aromatic N) is 4. The van der Waals surface area contributed by atoms with Gasteiger partial charge in [-0.25, -0.2) is 9.97 Å². The number of hydrogen-bond donors (Lipinski definition) is 1. The molecule has 8 heteroatoms. The maximum Gasteiger partial charge on any atom is 0.290 e. The molecule has 1 atom stereocenters. The lowest BCUT2D eigenvalue weighted by molar-refractivity contribution is 0.0934. The summed E-state index contributed by atoms with van der Waals surface area (Å²) in [6.07, 6.45) is 4.14. The summed E-state index contributed by atoms with van der Waals surface area (Å²) >= 11 is 1.76. The molecule has 0 saturated heterocycles. The summed E-state index contributed by atoms with van der Waals surface area (Å²) in [7, 11) is 0. The van der Waals surface area contributed by atoms with Crippen molar-refractivity contribution >= 4 is 33.1 Å². The van der Waals surface area contributed by atoms with E-state index in [-0.39, 0.29) is 11.7 Å². The summed E-state index contributed by atoms with van der Waals surface area (Å²) in [6.45, 7) is 8.03. The van der Waals surface area contributed by atoms with Gasteiger partial charge in [0, 0.05) is 24.6 Å². The lowest BCUT2D eigenvalue weighted by atomic mass is 9.89. The van der Waals surface area contributed by atoms with Crippen molar-refractivity contribution in [2.75, 3.05) is 19.8 Å². The van der Waals surface area contributed by atoms with Gasteiger partial charge < -0.3 is 10.1 Å². The van der Waals surface area contributed by atoms with Crippen LogP contribution in [0.1, 0.15) is 53.6 Å². The van der Waals surface area contributed by atoms with E-state index in [0.717, 1.165) is 41.0 Å². The van der Waals surface area contributed by atoms with Crippen LogP contribution in [0.3, 0.4) is 0 Å². The van der Waals surface area contributed by atoms with Crippen LogP contribution in [0.5, 0.6) is 0 Å². The third-order valence-electron chi connectivity index (χ3n) is 5.05. The summed E-state index contributed by atoms with van der Waals surface area (Å²) in [5, 5.41) is 8.38. The average molecular weight is 388 g/mol. The highest BCUT2D eigenvalue weighted by atomic mass is 32.1. The van der Waals surface area contributed by atoms with Crippen molar-refractivity contribution in [3.63, 3.8) is 0 Å². The zero-order valence-corrected chi connectivity index (χ0v) is 16.9. The SMILES string of the molecule is CCOCCCNC(=O)c1nc2c3c4c(sc3nc(C)n2n1)CC[C@@H](C)C4. The predicted molar refractivity (Wildman–Crippen MR) is 106 cm³/mol. The van der Waals surface area contributed by atoms with E-state index < -0.39 is 0 Å². The van der Waals surface area contributed by atoms with Gasteiger partial charge in [-0.05, 0) is 51.0 Å². The van der Waals surface area contributed by atoms with Crippen LogP contribution in [0.4, 0.5) is 0 Å². The standard InChI is InChI=1S/C19H25N5O2S/c1-4-26-9-5-8-20-18(25)16-22-17-15-13-10-11(2)6-7-14(13)27-19(15)21-12(3)24(17)23-16/h11H,4-10H2,1-3H3,(H,20,25)/t11-/m1/s1. The number of thiophene rings is 1. The Morgan fingerprint density at radius 1 is 1.41 bits per heavy atom. The van der Waals surface area contributed by atoms with Crippen LogP contribution in [0, 0.1) is 12.8 Å². The van der Waals surface area contributed by atoms with Crippen LogP contribution in [0.25, 0.3) is 15.9 Å². The number of ether oxygens (including phenoxy) is 1. The van der Waals surface area contributed by atoms with E-state index in [9.17, 15) is 4.79 Å². The van der Waals surface area contributed by atoms with E-state index in [2.05, 4.69) is 22.3 Å². The van der Waals surface area contributed by atoms with Crippen molar-refractivity contribution in [2.45, 2.75) is 46.5 Å². The van der Waals surface area contributed by atoms with E-state index in [1.165, 1.54) is 16.9 Å². The minimum atomic E-state index is -0.250. The van der Waals surface area contributed by atoms with Crippen LogP contribution >= 0.6 is 11.3 Å². The molecule has 0 bridgehead atoms. The lowest BCUT2D eigenvalue weighted by Gasteiger charge is -2.17. The minimum Gasteiger partial charge on any atom is -0.382 e. The van der Waals surface area contributed by atoms with Gasteiger partial charge in [-0.1, -0.05) is 6.92 Å². The summed E-state index contributed by atoms with van der Waals surface area (Å²) in [4.78, 5) is 24.2. The van der Waals surface area contributed by atoms with Gasteiger partial charge in [-0.15, -0.1) is 16.4 Å². The minimum absolute atomic E-state index is 0.201. The molecule has 1 aliphatic carbocycles. The second-order valence-corrected chi connectivity index (χ2v) is 8.25. The number of nitrogens with one attached hydrogen (secondary N) is 1. The molecule has 27 heavy (non-hydrogen) atoms. The van der Waals surface area contributed by atoms with Gasteiger partial charge in [0.15, 0.2) is 5.65 Å². The van der Waals surface area contributed by atoms with Crippen LogP contribution in [-0.4, -0.2) is 45.2 Å². The maximum atomic E-state index is 12.5. The molecule has 1 aliphatic rings. The number of amides is 1. The first-order chi connectivity index (χ1) is 13.1. The van der Waals surface area contributed by atoms with Crippen molar-refractivity contribution in [3.05, 3.63) is 22.1 Å². The monoisotopic (exact) mass is 387 g/mol. The molecule has 0 aromatic carbocycles. The molecule has 0 radical (unpaired) electrons. The van der Waals surface area contributed by atoms with E-state index >= 15 is 0 Å². The Morgan fingerprint density at radius 3 is 3.07 bits per heavy atom. The second kappa shape index (κ2) is 7.52. The third kappa shape index (κ3) is 3.43. The Hall–Kier alpha value is -2.06. The molecule has 7 nitrogen and oxygen atoms in total. The first-order valence-electron chi connectivity index (χ1n) is 9.62. The molecule has 144 valence electrons. The highest BCUT2D eigenvalue weighted by Crippen LogP contribution is 2.38. The van der Waals surface area contributed by atoms with E-state index in [1.54, 1.807) is 15.9 Å². The zero-order valence-electron chi connectivity index (χ0n) is 16.0. The number of hydrogen-bond acceptors (Lipinski definition) is 6. The van der Waals surface area contributed by atoms with Crippen molar-refractivity contribution in [3.8, 4) is 0 Å². The molecule has 3 heterocycles. The molecular formula is C19H25N5O2S. The first kappa shape index (κ1) is 18.3. The fourth-order valence-electron chi connectivity index (χ4n) is 3.64. The quantitative estimate of drug-likeness (QED) is 0.658. The highest BCUT2D eigenvalue weighted by Gasteiger charge is 2.25. The van der Waals surface area contributed by atoms with Gasteiger partial charge in [0.2, 0.25) is 5.82 Å². The van der Waals surface area contributed by atoms with Crippen molar-refractivity contribution in [1.29, 1.82) is 0 Å². The molecule has 4 rings (SSSR count).